The first-order valence-electron chi connectivity index (χ1n) is 5.39. The number of carbonyl (C=O) groups excluding carboxylic acids is 1. The van der Waals surface area contributed by atoms with Crippen LogP contribution >= 0.6 is 11.6 Å². The standard InChI is InChI=1S/C11H14ClN3O4/c1-11(2,6-16)14(3)10(17)8-4-7(15(18)19)5-13-9(8)12/h4-5,16H,6H2,1-3H3. The van der Waals surface area contributed by atoms with Crippen molar-refractivity contribution in [3.05, 3.63) is 33.1 Å². The second-order valence-corrected chi connectivity index (χ2v) is 4.98. The first-order chi connectivity index (χ1) is 8.70. The summed E-state index contributed by atoms with van der Waals surface area (Å²) >= 11 is 5.79. The summed E-state index contributed by atoms with van der Waals surface area (Å²) in [5, 5.41) is 19.8. The number of rotatable bonds is 4. The Hall–Kier alpha value is -1.73. The third-order valence-corrected chi connectivity index (χ3v) is 3.17. The Morgan fingerprint density at radius 3 is 2.68 bits per heavy atom. The van der Waals surface area contributed by atoms with Crippen LogP contribution in [0.4, 0.5) is 5.69 Å². The molecule has 0 saturated carbocycles. The number of halogens is 1. The van der Waals surface area contributed by atoms with Gasteiger partial charge in [-0.3, -0.25) is 14.9 Å². The van der Waals surface area contributed by atoms with Crippen LogP contribution in [0.3, 0.4) is 0 Å². The lowest BCUT2D eigenvalue weighted by atomic mass is 10.0. The number of likely N-dealkylation sites (N-methyl/N-ethyl adjacent to an activating group) is 1. The van der Waals surface area contributed by atoms with Crippen LogP contribution in [0, 0.1) is 10.1 Å². The summed E-state index contributed by atoms with van der Waals surface area (Å²) < 4.78 is 0. The zero-order valence-corrected chi connectivity index (χ0v) is 11.5. The van der Waals surface area contributed by atoms with E-state index in [0.717, 1.165) is 12.3 Å². The number of aliphatic hydroxyl groups is 1. The second kappa shape index (κ2) is 5.50. The van der Waals surface area contributed by atoms with Gasteiger partial charge in [0.1, 0.15) is 11.3 Å². The van der Waals surface area contributed by atoms with Crippen LogP contribution in [0.25, 0.3) is 0 Å². The number of carbonyl (C=O) groups is 1. The van der Waals surface area contributed by atoms with Crippen LogP contribution in [-0.4, -0.2) is 45.0 Å². The predicted octanol–water partition coefficient (Wildman–Crippen LogP) is 1.49. The van der Waals surface area contributed by atoms with Gasteiger partial charge < -0.3 is 10.0 Å². The summed E-state index contributed by atoms with van der Waals surface area (Å²) in [7, 11) is 1.48. The van der Waals surface area contributed by atoms with Crippen LogP contribution in [0.5, 0.6) is 0 Å². The lowest BCUT2D eigenvalue weighted by Crippen LogP contribution is -2.47. The molecule has 1 N–H and O–H groups in total. The van der Waals surface area contributed by atoms with Crippen molar-refractivity contribution in [2.45, 2.75) is 19.4 Å². The number of hydrogen-bond donors (Lipinski definition) is 1. The van der Waals surface area contributed by atoms with Crippen molar-refractivity contribution in [2.75, 3.05) is 13.7 Å². The van der Waals surface area contributed by atoms with E-state index in [-0.39, 0.29) is 23.0 Å². The van der Waals surface area contributed by atoms with E-state index in [1.165, 1.54) is 11.9 Å². The molecule has 0 radical (unpaired) electrons. The number of hydrogen-bond acceptors (Lipinski definition) is 5. The van der Waals surface area contributed by atoms with Gasteiger partial charge in [-0.15, -0.1) is 0 Å². The Morgan fingerprint density at radius 2 is 2.21 bits per heavy atom. The zero-order chi connectivity index (χ0) is 14.8. The Labute approximate surface area is 115 Å². The molecule has 0 aromatic carbocycles. The van der Waals surface area contributed by atoms with Gasteiger partial charge in [0.15, 0.2) is 0 Å². The fourth-order valence-electron chi connectivity index (χ4n) is 1.25. The average Bonchev–Trinajstić information content (AvgIpc) is 2.37. The first kappa shape index (κ1) is 15.3. The van der Waals surface area contributed by atoms with E-state index in [0.29, 0.717) is 0 Å². The van der Waals surface area contributed by atoms with Gasteiger partial charge in [0.05, 0.1) is 22.6 Å². The van der Waals surface area contributed by atoms with Crippen molar-refractivity contribution in [2.24, 2.45) is 0 Å². The highest BCUT2D eigenvalue weighted by Gasteiger charge is 2.30. The minimum atomic E-state index is -0.814. The molecule has 7 nitrogen and oxygen atoms in total. The second-order valence-electron chi connectivity index (χ2n) is 4.62. The highest BCUT2D eigenvalue weighted by Crippen LogP contribution is 2.23. The third-order valence-electron chi connectivity index (χ3n) is 2.87. The highest BCUT2D eigenvalue weighted by molar-refractivity contribution is 6.32. The molecule has 8 heteroatoms. The molecule has 104 valence electrons. The van der Waals surface area contributed by atoms with Gasteiger partial charge in [0, 0.05) is 13.1 Å². The summed E-state index contributed by atoms with van der Waals surface area (Å²) in [5.41, 5.74) is -1.20. The van der Waals surface area contributed by atoms with Crippen molar-refractivity contribution in [1.29, 1.82) is 0 Å². The van der Waals surface area contributed by atoms with Gasteiger partial charge in [0.25, 0.3) is 11.6 Å². The number of aliphatic hydroxyl groups excluding tert-OH is 1. The van der Waals surface area contributed by atoms with Gasteiger partial charge in [-0.1, -0.05) is 11.6 Å². The van der Waals surface area contributed by atoms with E-state index in [1.807, 2.05) is 0 Å². The van der Waals surface area contributed by atoms with Gasteiger partial charge in [0.2, 0.25) is 0 Å². The van der Waals surface area contributed by atoms with E-state index in [9.17, 15) is 20.0 Å². The summed E-state index contributed by atoms with van der Waals surface area (Å²) in [6.07, 6.45) is 0.982. The molecular weight excluding hydrogens is 274 g/mol. The Balaban J connectivity index is 3.19. The highest BCUT2D eigenvalue weighted by atomic mass is 35.5. The predicted molar refractivity (Wildman–Crippen MR) is 69.2 cm³/mol. The molecule has 0 spiro atoms. The van der Waals surface area contributed by atoms with Crippen molar-refractivity contribution in [3.8, 4) is 0 Å². The van der Waals surface area contributed by atoms with Crippen LogP contribution in [-0.2, 0) is 0 Å². The summed E-state index contributed by atoms with van der Waals surface area (Å²) in [4.78, 5) is 27.1. The molecule has 0 bridgehead atoms. The van der Waals surface area contributed by atoms with Gasteiger partial charge >= 0.3 is 0 Å². The maximum atomic E-state index is 12.2. The monoisotopic (exact) mass is 287 g/mol. The molecule has 1 amide bonds. The molecule has 0 aliphatic rings. The molecule has 0 unspecified atom stereocenters. The fourth-order valence-corrected chi connectivity index (χ4v) is 1.43. The molecule has 1 rings (SSSR count). The SMILES string of the molecule is CN(C(=O)c1cc([N+](=O)[O-])cnc1Cl)C(C)(C)CO. The van der Waals surface area contributed by atoms with Gasteiger partial charge in [-0.05, 0) is 13.8 Å². The first-order valence-corrected chi connectivity index (χ1v) is 5.77. The van der Waals surface area contributed by atoms with Crippen LogP contribution < -0.4 is 0 Å². The quantitative estimate of drug-likeness (QED) is 0.514. The van der Waals surface area contributed by atoms with Crippen LogP contribution in [0.2, 0.25) is 5.15 Å². The molecule has 0 saturated heterocycles. The van der Waals surface area contributed by atoms with Crippen molar-refractivity contribution >= 4 is 23.2 Å². The summed E-state index contributed by atoms with van der Waals surface area (Å²) in [6, 6.07) is 1.07. The lowest BCUT2D eigenvalue weighted by Gasteiger charge is -2.33. The summed E-state index contributed by atoms with van der Waals surface area (Å²) in [6.45, 7) is 3.06. The van der Waals surface area contributed by atoms with Gasteiger partial charge in [-0.2, -0.15) is 0 Å². The molecule has 1 aromatic rings. The fraction of sp³-hybridized carbons (Fsp3) is 0.455. The zero-order valence-electron chi connectivity index (χ0n) is 10.8. The molecule has 19 heavy (non-hydrogen) atoms. The van der Waals surface area contributed by atoms with E-state index >= 15 is 0 Å². The average molecular weight is 288 g/mol. The van der Waals surface area contributed by atoms with Crippen molar-refractivity contribution < 1.29 is 14.8 Å². The molecule has 1 heterocycles. The molecular formula is C11H14ClN3O4. The minimum absolute atomic E-state index is 0.0695. The number of nitro groups is 1. The number of amides is 1. The molecule has 1 aromatic heterocycles. The van der Waals surface area contributed by atoms with Crippen molar-refractivity contribution in [3.63, 3.8) is 0 Å². The smallest absolute Gasteiger partial charge is 0.288 e. The topological polar surface area (TPSA) is 96.6 Å². The van der Waals surface area contributed by atoms with Crippen molar-refractivity contribution in [1.82, 2.24) is 9.88 Å². The van der Waals surface area contributed by atoms with Crippen LogP contribution in [0.15, 0.2) is 12.3 Å². The Kier molecular flexibility index (Phi) is 4.43. The maximum absolute atomic E-state index is 12.2. The molecule has 0 fully saturated rings. The van der Waals surface area contributed by atoms with E-state index in [4.69, 9.17) is 11.6 Å². The number of aromatic nitrogens is 1. The normalized spacial score (nSPS) is 11.2. The minimum Gasteiger partial charge on any atom is -0.394 e. The molecule has 0 atom stereocenters. The summed E-state index contributed by atoms with van der Waals surface area (Å²) in [5.74, 6) is -0.541. The van der Waals surface area contributed by atoms with Crippen LogP contribution in [0.1, 0.15) is 24.2 Å². The van der Waals surface area contributed by atoms with E-state index in [1.54, 1.807) is 13.8 Å². The Bertz CT molecular complexity index is 519. The number of pyridine rings is 1. The third kappa shape index (κ3) is 3.18. The molecule has 0 aliphatic carbocycles. The van der Waals surface area contributed by atoms with Gasteiger partial charge in [-0.25, -0.2) is 4.98 Å². The van der Waals surface area contributed by atoms with E-state index in [2.05, 4.69) is 4.98 Å². The van der Waals surface area contributed by atoms with E-state index < -0.39 is 16.4 Å². The number of nitrogens with zero attached hydrogens (tertiary/aromatic N) is 3. The Morgan fingerprint density at radius 1 is 1.63 bits per heavy atom. The molecule has 0 aliphatic heterocycles. The largest absolute Gasteiger partial charge is 0.394 e. The maximum Gasteiger partial charge on any atom is 0.288 e. The lowest BCUT2D eigenvalue weighted by molar-refractivity contribution is -0.385.